The van der Waals surface area contributed by atoms with Gasteiger partial charge >= 0.3 is 5.97 Å². The summed E-state index contributed by atoms with van der Waals surface area (Å²) < 4.78 is 4.72. The zero-order valence-corrected chi connectivity index (χ0v) is 7.93. The Labute approximate surface area is 86.8 Å². The van der Waals surface area contributed by atoms with Crippen LogP contribution in [0.25, 0.3) is 0 Å². The van der Waals surface area contributed by atoms with Crippen molar-refractivity contribution in [2.45, 2.75) is 0 Å². The van der Waals surface area contributed by atoms with Gasteiger partial charge < -0.3 is 14.6 Å². The fourth-order valence-corrected chi connectivity index (χ4v) is 1.05. The molecule has 0 aromatic heterocycles. The normalized spacial score (nSPS) is 9.33. The zero-order chi connectivity index (χ0) is 11.3. The van der Waals surface area contributed by atoms with Crippen LogP contribution in [0.1, 0.15) is 20.7 Å². The highest BCUT2D eigenvalue weighted by molar-refractivity contribution is 6.01. The van der Waals surface area contributed by atoms with Gasteiger partial charge in [-0.2, -0.15) is 0 Å². The molecule has 0 saturated heterocycles. The average Bonchev–Trinajstić information content (AvgIpc) is 2.25. The summed E-state index contributed by atoms with van der Waals surface area (Å²) in [6.07, 6.45) is 1.40. The first-order chi connectivity index (χ1) is 7.16. The minimum atomic E-state index is -1.40. The molecule has 0 radical (unpaired) electrons. The highest BCUT2D eigenvalue weighted by Gasteiger charge is 2.11. The van der Waals surface area contributed by atoms with Crippen LogP contribution in [0, 0.1) is 0 Å². The molecule has 4 heteroatoms. The first-order valence-electron chi connectivity index (χ1n) is 4.25. The second-order valence-corrected chi connectivity index (χ2v) is 2.72. The molecule has 78 valence electrons. The Morgan fingerprint density at radius 1 is 1.33 bits per heavy atom. The molecule has 0 bridgehead atoms. The number of benzene rings is 1. The van der Waals surface area contributed by atoms with E-state index in [1.807, 2.05) is 0 Å². The van der Waals surface area contributed by atoms with E-state index in [2.05, 4.69) is 6.58 Å². The van der Waals surface area contributed by atoms with Gasteiger partial charge in [0.1, 0.15) is 6.61 Å². The molecule has 15 heavy (non-hydrogen) atoms. The number of aromatic carboxylic acids is 1. The predicted molar refractivity (Wildman–Crippen MR) is 51.3 cm³/mol. The summed E-state index contributed by atoms with van der Waals surface area (Å²) in [4.78, 5) is 22.0. The van der Waals surface area contributed by atoms with Crippen molar-refractivity contribution in [2.75, 3.05) is 6.61 Å². The SMILES string of the molecule is C=CCOC(=O)c1ccccc1C(=O)[O-]. The van der Waals surface area contributed by atoms with E-state index in [0.717, 1.165) is 0 Å². The summed E-state index contributed by atoms with van der Waals surface area (Å²) >= 11 is 0. The van der Waals surface area contributed by atoms with Gasteiger partial charge in [0, 0.05) is 5.56 Å². The lowest BCUT2D eigenvalue weighted by Gasteiger charge is -2.08. The van der Waals surface area contributed by atoms with Gasteiger partial charge in [0.2, 0.25) is 0 Å². The molecule has 1 rings (SSSR count). The highest BCUT2D eigenvalue weighted by atomic mass is 16.5. The van der Waals surface area contributed by atoms with Crippen molar-refractivity contribution in [1.29, 1.82) is 0 Å². The fourth-order valence-electron chi connectivity index (χ4n) is 1.05. The molecule has 0 aliphatic rings. The Bertz CT molecular complexity index is 395. The van der Waals surface area contributed by atoms with Crippen LogP contribution in [0.5, 0.6) is 0 Å². The van der Waals surface area contributed by atoms with Crippen molar-refractivity contribution < 1.29 is 19.4 Å². The maximum Gasteiger partial charge on any atom is 0.339 e. The maximum absolute atomic E-state index is 11.4. The molecule has 0 aliphatic heterocycles. The second kappa shape index (κ2) is 4.95. The highest BCUT2D eigenvalue weighted by Crippen LogP contribution is 2.09. The molecule has 0 unspecified atom stereocenters. The Hall–Kier alpha value is -2.10. The van der Waals surface area contributed by atoms with Gasteiger partial charge in [-0.15, -0.1) is 0 Å². The summed E-state index contributed by atoms with van der Waals surface area (Å²) in [6, 6.07) is 5.72. The Morgan fingerprint density at radius 3 is 2.47 bits per heavy atom. The van der Waals surface area contributed by atoms with Gasteiger partial charge in [-0.1, -0.05) is 30.9 Å². The summed E-state index contributed by atoms with van der Waals surface area (Å²) in [6.45, 7) is 3.42. The van der Waals surface area contributed by atoms with E-state index in [-0.39, 0.29) is 17.7 Å². The quantitative estimate of drug-likeness (QED) is 0.527. The predicted octanol–water partition coefficient (Wildman–Crippen LogP) is 0.393. The van der Waals surface area contributed by atoms with E-state index in [1.165, 1.54) is 24.3 Å². The molecule has 0 spiro atoms. The number of rotatable bonds is 4. The first kappa shape index (κ1) is 11.0. The minimum absolute atomic E-state index is 0.0145. The van der Waals surface area contributed by atoms with Crippen LogP contribution in [0.3, 0.4) is 0 Å². The lowest BCUT2D eigenvalue weighted by atomic mass is 10.1. The maximum atomic E-state index is 11.4. The van der Waals surface area contributed by atoms with Crippen LogP contribution < -0.4 is 5.11 Å². The third-order valence-electron chi connectivity index (χ3n) is 1.70. The summed E-state index contributed by atoms with van der Waals surface area (Å²) in [7, 11) is 0. The molecule has 4 nitrogen and oxygen atoms in total. The first-order valence-corrected chi connectivity index (χ1v) is 4.25. The smallest absolute Gasteiger partial charge is 0.339 e. The third kappa shape index (κ3) is 2.67. The van der Waals surface area contributed by atoms with Crippen molar-refractivity contribution in [3.63, 3.8) is 0 Å². The van der Waals surface area contributed by atoms with Gasteiger partial charge in [0.25, 0.3) is 0 Å². The molecular formula is C11H9O4-. The number of hydrogen-bond donors (Lipinski definition) is 0. The standard InChI is InChI=1S/C11H10O4/c1-2-7-15-11(14)9-6-4-3-5-8(9)10(12)13/h2-6H,1,7H2,(H,12,13)/p-1. The van der Waals surface area contributed by atoms with Gasteiger partial charge in [0.05, 0.1) is 11.5 Å². The number of hydrogen-bond acceptors (Lipinski definition) is 4. The van der Waals surface area contributed by atoms with Gasteiger partial charge in [0.15, 0.2) is 0 Å². The zero-order valence-electron chi connectivity index (χ0n) is 7.93. The largest absolute Gasteiger partial charge is 0.545 e. The Balaban J connectivity index is 2.97. The molecule has 0 atom stereocenters. The molecule has 0 heterocycles. The molecule has 0 fully saturated rings. The van der Waals surface area contributed by atoms with E-state index in [4.69, 9.17) is 4.74 Å². The lowest BCUT2D eigenvalue weighted by molar-refractivity contribution is -0.255. The second-order valence-electron chi connectivity index (χ2n) is 2.72. The molecule has 1 aromatic carbocycles. The molecule has 0 amide bonds. The molecule has 0 aliphatic carbocycles. The third-order valence-corrected chi connectivity index (χ3v) is 1.70. The Kier molecular flexibility index (Phi) is 3.62. The van der Waals surface area contributed by atoms with Crippen molar-refractivity contribution in [1.82, 2.24) is 0 Å². The number of carbonyl (C=O) groups is 2. The average molecular weight is 205 g/mol. The van der Waals surface area contributed by atoms with Crippen LogP contribution in [-0.4, -0.2) is 18.5 Å². The number of esters is 1. The van der Waals surface area contributed by atoms with Crippen molar-refractivity contribution in [2.24, 2.45) is 0 Å². The molecule has 1 aromatic rings. The van der Waals surface area contributed by atoms with Crippen molar-refractivity contribution in [3.8, 4) is 0 Å². The molecule has 0 N–H and O–H groups in total. The number of carboxylic acid groups (broad SMARTS) is 1. The topological polar surface area (TPSA) is 66.4 Å². The summed E-state index contributed by atoms with van der Waals surface area (Å²) in [5, 5.41) is 10.7. The number of carboxylic acids is 1. The summed E-state index contributed by atoms with van der Waals surface area (Å²) in [5.74, 6) is -2.10. The molecular weight excluding hydrogens is 196 g/mol. The van der Waals surface area contributed by atoms with Crippen LogP contribution in [0.4, 0.5) is 0 Å². The van der Waals surface area contributed by atoms with Crippen LogP contribution in [0.15, 0.2) is 36.9 Å². The van der Waals surface area contributed by atoms with Crippen LogP contribution in [0.2, 0.25) is 0 Å². The number of carbonyl (C=O) groups excluding carboxylic acids is 2. The van der Waals surface area contributed by atoms with E-state index < -0.39 is 11.9 Å². The van der Waals surface area contributed by atoms with E-state index in [0.29, 0.717) is 0 Å². The van der Waals surface area contributed by atoms with E-state index in [1.54, 1.807) is 6.07 Å². The van der Waals surface area contributed by atoms with Crippen LogP contribution in [-0.2, 0) is 4.74 Å². The monoisotopic (exact) mass is 205 g/mol. The number of ether oxygens (including phenoxy) is 1. The van der Waals surface area contributed by atoms with Crippen LogP contribution >= 0.6 is 0 Å². The molecule has 0 saturated carbocycles. The Morgan fingerprint density at radius 2 is 1.93 bits per heavy atom. The lowest BCUT2D eigenvalue weighted by Crippen LogP contribution is -2.25. The van der Waals surface area contributed by atoms with Crippen molar-refractivity contribution >= 4 is 11.9 Å². The summed E-state index contributed by atoms with van der Waals surface area (Å²) in [5.41, 5.74) is -0.189. The van der Waals surface area contributed by atoms with Gasteiger partial charge in [-0.05, 0) is 6.07 Å². The fraction of sp³-hybridized carbons (Fsp3) is 0.0909. The van der Waals surface area contributed by atoms with E-state index >= 15 is 0 Å². The van der Waals surface area contributed by atoms with E-state index in [9.17, 15) is 14.7 Å². The van der Waals surface area contributed by atoms with Gasteiger partial charge in [-0.3, -0.25) is 0 Å². The van der Waals surface area contributed by atoms with Gasteiger partial charge in [-0.25, -0.2) is 4.79 Å². The van der Waals surface area contributed by atoms with Crippen molar-refractivity contribution in [3.05, 3.63) is 48.0 Å². The minimum Gasteiger partial charge on any atom is -0.545 e.